The Balaban J connectivity index is 2.00. The van der Waals surface area contributed by atoms with Crippen LogP contribution in [-0.2, 0) is 14.3 Å². The predicted octanol–water partition coefficient (Wildman–Crippen LogP) is 4.36. The van der Waals surface area contributed by atoms with E-state index in [-0.39, 0.29) is 18.3 Å². The SMILES string of the molecule is CCOC(=O)[C@@H]1C(=O)C=C(c2ccco2)C[C@H]1c1ccc(Br)cc1. The first-order valence-electron chi connectivity index (χ1n) is 7.80. The minimum absolute atomic E-state index is 0.237. The molecule has 5 heteroatoms. The number of furan rings is 1. The number of hydrogen-bond acceptors (Lipinski definition) is 4. The van der Waals surface area contributed by atoms with E-state index < -0.39 is 11.9 Å². The molecule has 1 aromatic carbocycles. The molecule has 0 saturated heterocycles. The maximum absolute atomic E-state index is 12.6. The second kappa shape index (κ2) is 7.18. The molecule has 24 heavy (non-hydrogen) atoms. The third kappa shape index (κ3) is 3.36. The topological polar surface area (TPSA) is 56.5 Å². The number of allylic oxidation sites excluding steroid dienone is 2. The minimum Gasteiger partial charge on any atom is -0.465 e. The van der Waals surface area contributed by atoms with Gasteiger partial charge in [0.15, 0.2) is 5.78 Å². The molecular weight excluding hydrogens is 372 g/mol. The van der Waals surface area contributed by atoms with Crippen molar-refractivity contribution < 1.29 is 18.7 Å². The van der Waals surface area contributed by atoms with Crippen LogP contribution in [0.4, 0.5) is 0 Å². The highest BCUT2D eigenvalue weighted by Crippen LogP contribution is 2.40. The molecule has 0 saturated carbocycles. The fourth-order valence-corrected chi connectivity index (χ4v) is 3.30. The number of esters is 1. The van der Waals surface area contributed by atoms with Crippen molar-refractivity contribution in [1.82, 2.24) is 0 Å². The molecule has 0 fully saturated rings. The highest BCUT2D eigenvalue weighted by Gasteiger charge is 2.40. The van der Waals surface area contributed by atoms with Gasteiger partial charge in [-0.25, -0.2) is 0 Å². The van der Waals surface area contributed by atoms with E-state index in [1.165, 1.54) is 6.08 Å². The van der Waals surface area contributed by atoms with Crippen LogP contribution in [0.1, 0.15) is 30.6 Å². The van der Waals surface area contributed by atoms with E-state index in [0.717, 1.165) is 15.6 Å². The molecule has 1 aliphatic carbocycles. The zero-order chi connectivity index (χ0) is 17.1. The third-order valence-corrected chi connectivity index (χ3v) is 4.67. The molecule has 3 rings (SSSR count). The Bertz CT molecular complexity index is 759. The van der Waals surface area contributed by atoms with Gasteiger partial charge >= 0.3 is 5.97 Å². The Kier molecular flexibility index (Phi) is 5.00. The van der Waals surface area contributed by atoms with E-state index in [0.29, 0.717) is 12.2 Å². The van der Waals surface area contributed by atoms with Gasteiger partial charge in [0, 0.05) is 10.4 Å². The molecule has 0 radical (unpaired) electrons. The van der Waals surface area contributed by atoms with E-state index in [9.17, 15) is 9.59 Å². The number of halogens is 1. The van der Waals surface area contributed by atoms with E-state index in [4.69, 9.17) is 9.15 Å². The number of carbonyl (C=O) groups is 2. The highest BCUT2D eigenvalue weighted by atomic mass is 79.9. The van der Waals surface area contributed by atoms with Gasteiger partial charge in [-0.2, -0.15) is 0 Å². The van der Waals surface area contributed by atoms with Gasteiger partial charge in [0.1, 0.15) is 11.7 Å². The predicted molar refractivity (Wildman–Crippen MR) is 93.3 cm³/mol. The summed E-state index contributed by atoms with van der Waals surface area (Å²) in [4.78, 5) is 25.0. The van der Waals surface area contributed by atoms with Gasteiger partial charge in [0.25, 0.3) is 0 Å². The van der Waals surface area contributed by atoms with E-state index >= 15 is 0 Å². The van der Waals surface area contributed by atoms with E-state index in [1.807, 2.05) is 30.3 Å². The largest absolute Gasteiger partial charge is 0.465 e. The molecule has 124 valence electrons. The normalized spacial score (nSPS) is 20.6. The minimum atomic E-state index is -0.815. The average molecular weight is 389 g/mol. The first-order valence-corrected chi connectivity index (χ1v) is 8.60. The monoisotopic (exact) mass is 388 g/mol. The van der Waals surface area contributed by atoms with Crippen LogP contribution >= 0.6 is 15.9 Å². The van der Waals surface area contributed by atoms with Crippen molar-refractivity contribution in [3.05, 3.63) is 64.5 Å². The van der Waals surface area contributed by atoms with Crippen LogP contribution in [0.2, 0.25) is 0 Å². The zero-order valence-corrected chi connectivity index (χ0v) is 14.8. The molecule has 0 unspecified atom stereocenters. The van der Waals surface area contributed by atoms with E-state index in [2.05, 4.69) is 15.9 Å². The summed E-state index contributed by atoms with van der Waals surface area (Å²) in [5.41, 5.74) is 1.74. The van der Waals surface area contributed by atoms with Crippen molar-refractivity contribution in [1.29, 1.82) is 0 Å². The van der Waals surface area contributed by atoms with Crippen LogP contribution < -0.4 is 0 Å². The van der Waals surface area contributed by atoms with Crippen LogP contribution in [-0.4, -0.2) is 18.4 Å². The van der Waals surface area contributed by atoms with Gasteiger partial charge in [0.05, 0.1) is 12.9 Å². The van der Waals surface area contributed by atoms with Crippen molar-refractivity contribution in [3.8, 4) is 0 Å². The van der Waals surface area contributed by atoms with Crippen LogP contribution in [0, 0.1) is 5.92 Å². The highest BCUT2D eigenvalue weighted by molar-refractivity contribution is 9.10. The van der Waals surface area contributed by atoms with Crippen molar-refractivity contribution in [3.63, 3.8) is 0 Å². The molecule has 0 amide bonds. The standard InChI is InChI=1S/C19H17BrO4/c1-2-23-19(22)18-15(12-5-7-14(20)8-6-12)10-13(11-16(18)21)17-4-3-9-24-17/h3-9,11,15,18H,2,10H2,1H3/t15-,18-/m0/s1. The lowest BCUT2D eigenvalue weighted by Crippen LogP contribution is -2.33. The number of ether oxygens (including phenoxy) is 1. The maximum atomic E-state index is 12.6. The van der Waals surface area contributed by atoms with Gasteiger partial charge in [-0.15, -0.1) is 0 Å². The summed E-state index contributed by atoms with van der Waals surface area (Å²) < 4.78 is 11.5. The van der Waals surface area contributed by atoms with Crippen LogP contribution in [0.5, 0.6) is 0 Å². The number of carbonyl (C=O) groups excluding carboxylic acids is 2. The van der Waals surface area contributed by atoms with Crippen molar-refractivity contribution in [2.45, 2.75) is 19.3 Å². The van der Waals surface area contributed by atoms with Gasteiger partial charge in [0.2, 0.25) is 0 Å². The molecule has 0 N–H and O–H groups in total. The van der Waals surface area contributed by atoms with Gasteiger partial charge < -0.3 is 9.15 Å². The van der Waals surface area contributed by atoms with Crippen LogP contribution in [0.25, 0.3) is 5.57 Å². The number of rotatable bonds is 4. The maximum Gasteiger partial charge on any atom is 0.317 e. The fraction of sp³-hybridized carbons (Fsp3) is 0.263. The van der Waals surface area contributed by atoms with Crippen molar-refractivity contribution >= 4 is 33.3 Å². The fourth-order valence-electron chi connectivity index (χ4n) is 3.04. The first kappa shape index (κ1) is 16.7. The molecule has 4 nitrogen and oxygen atoms in total. The Morgan fingerprint density at radius 2 is 2.04 bits per heavy atom. The summed E-state index contributed by atoms with van der Waals surface area (Å²) in [6.45, 7) is 1.99. The van der Waals surface area contributed by atoms with Crippen molar-refractivity contribution in [2.24, 2.45) is 5.92 Å². The molecule has 2 atom stereocenters. The number of hydrogen-bond donors (Lipinski definition) is 0. The number of benzene rings is 1. The average Bonchev–Trinajstić information content (AvgIpc) is 3.09. The second-order valence-electron chi connectivity index (χ2n) is 5.64. The third-order valence-electron chi connectivity index (χ3n) is 4.14. The summed E-state index contributed by atoms with van der Waals surface area (Å²) >= 11 is 3.41. The Morgan fingerprint density at radius 1 is 1.29 bits per heavy atom. The Morgan fingerprint density at radius 3 is 2.67 bits per heavy atom. The molecule has 2 aromatic rings. The quantitative estimate of drug-likeness (QED) is 0.576. The molecule has 0 spiro atoms. The molecule has 0 aliphatic heterocycles. The second-order valence-corrected chi connectivity index (χ2v) is 6.56. The van der Waals surface area contributed by atoms with Gasteiger partial charge in [-0.05, 0) is 54.8 Å². The molecule has 0 bridgehead atoms. The lowest BCUT2D eigenvalue weighted by molar-refractivity contribution is -0.151. The summed E-state index contributed by atoms with van der Waals surface area (Å²) in [5.74, 6) is -1.13. The van der Waals surface area contributed by atoms with Crippen molar-refractivity contribution in [2.75, 3.05) is 6.61 Å². The lowest BCUT2D eigenvalue weighted by atomic mass is 9.74. The van der Waals surface area contributed by atoms with Crippen LogP contribution in [0.3, 0.4) is 0 Å². The molecule has 1 heterocycles. The summed E-state index contributed by atoms with van der Waals surface area (Å²) in [5, 5.41) is 0. The summed E-state index contributed by atoms with van der Waals surface area (Å²) in [7, 11) is 0. The Labute approximate surface area is 148 Å². The zero-order valence-electron chi connectivity index (χ0n) is 13.2. The Hall–Kier alpha value is -2.14. The van der Waals surface area contributed by atoms with Gasteiger partial charge in [-0.3, -0.25) is 9.59 Å². The molecule has 1 aliphatic rings. The summed E-state index contributed by atoms with van der Waals surface area (Å²) in [6.07, 6.45) is 3.63. The van der Waals surface area contributed by atoms with Crippen LogP contribution in [0.15, 0.2) is 57.6 Å². The first-order chi connectivity index (χ1) is 11.6. The smallest absolute Gasteiger partial charge is 0.317 e. The molecular formula is C19H17BrO4. The lowest BCUT2D eigenvalue weighted by Gasteiger charge is -2.28. The summed E-state index contributed by atoms with van der Waals surface area (Å²) in [6, 6.07) is 11.3. The van der Waals surface area contributed by atoms with Gasteiger partial charge in [-0.1, -0.05) is 28.1 Å². The molecule has 1 aromatic heterocycles. The van der Waals surface area contributed by atoms with E-state index in [1.54, 1.807) is 19.3 Å². The number of ketones is 1.